The second-order valence-electron chi connectivity index (χ2n) is 7.65. The first kappa shape index (κ1) is 16.2. The monoisotopic (exact) mass is 298 g/mol. The molecular formula is C20H26S. The zero-order valence-electron chi connectivity index (χ0n) is 14.0. The van der Waals surface area contributed by atoms with Crippen LogP contribution in [0.3, 0.4) is 0 Å². The van der Waals surface area contributed by atoms with Crippen LogP contribution in [0.1, 0.15) is 52.7 Å². The van der Waals surface area contributed by atoms with Crippen molar-refractivity contribution in [2.45, 2.75) is 62.2 Å². The van der Waals surface area contributed by atoms with Crippen molar-refractivity contribution in [1.29, 1.82) is 0 Å². The van der Waals surface area contributed by atoms with Crippen molar-refractivity contribution in [3.8, 4) is 0 Å². The van der Waals surface area contributed by atoms with Crippen LogP contribution in [-0.4, -0.2) is 0 Å². The minimum atomic E-state index is 0.220. The van der Waals surface area contributed by atoms with Crippen LogP contribution in [0.15, 0.2) is 58.3 Å². The highest BCUT2D eigenvalue weighted by molar-refractivity contribution is 7.99. The highest BCUT2D eigenvalue weighted by Crippen LogP contribution is 2.32. The number of hydrogen-bond donors (Lipinski definition) is 0. The second kappa shape index (κ2) is 5.88. The second-order valence-corrected chi connectivity index (χ2v) is 8.80. The van der Waals surface area contributed by atoms with Crippen LogP contribution in [0, 0.1) is 0 Å². The van der Waals surface area contributed by atoms with Crippen molar-refractivity contribution in [3.63, 3.8) is 0 Å². The summed E-state index contributed by atoms with van der Waals surface area (Å²) in [6.07, 6.45) is 0. The van der Waals surface area contributed by atoms with Crippen molar-refractivity contribution in [2.24, 2.45) is 0 Å². The third kappa shape index (κ3) is 4.38. The van der Waals surface area contributed by atoms with Crippen LogP contribution >= 0.6 is 11.8 Å². The van der Waals surface area contributed by atoms with E-state index in [0.717, 1.165) is 0 Å². The minimum absolute atomic E-state index is 0.220. The topological polar surface area (TPSA) is 0 Å². The quantitative estimate of drug-likeness (QED) is 0.615. The lowest BCUT2D eigenvalue weighted by Gasteiger charge is -2.19. The summed E-state index contributed by atoms with van der Waals surface area (Å²) < 4.78 is 0. The molecule has 0 nitrogen and oxygen atoms in total. The van der Waals surface area contributed by atoms with Gasteiger partial charge in [-0.2, -0.15) is 0 Å². The maximum absolute atomic E-state index is 2.25. The lowest BCUT2D eigenvalue weighted by Crippen LogP contribution is -2.10. The lowest BCUT2D eigenvalue weighted by atomic mass is 9.87. The molecule has 0 N–H and O–H groups in total. The first-order chi connectivity index (χ1) is 9.66. The minimum Gasteiger partial charge on any atom is -0.0901 e. The van der Waals surface area contributed by atoms with E-state index in [0.29, 0.717) is 0 Å². The highest BCUT2D eigenvalue weighted by Gasteiger charge is 2.14. The molecule has 0 bridgehead atoms. The molecule has 0 amide bonds. The van der Waals surface area contributed by atoms with Crippen LogP contribution in [0.2, 0.25) is 0 Å². The predicted molar refractivity (Wildman–Crippen MR) is 94.4 cm³/mol. The van der Waals surface area contributed by atoms with E-state index in [9.17, 15) is 0 Å². The molecule has 2 aromatic rings. The first-order valence-corrected chi connectivity index (χ1v) is 8.37. The van der Waals surface area contributed by atoms with Gasteiger partial charge in [0.25, 0.3) is 0 Å². The van der Waals surface area contributed by atoms with E-state index in [-0.39, 0.29) is 10.8 Å². The molecule has 112 valence electrons. The van der Waals surface area contributed by atoms with Crippen molar-refractivity contribution in [3.05, 3.63) is 59.7 Å². The fourth-order valence-electron chi connectivity index (χ4n) is 2.18. The smallest absolute Gasteiger partial charge is 0.0122 e. The van der Waals surface area contributed by atoms with E-state index in [1.54, 1.807) is 0 Å². The summed E-state index contributed by atoms with van der Waals surface area (Å²) in [7, 11) is 0. The molecule has 2 aromatic carbocycles. The molecule has 0 radical (unpaired) electrons. The van der Waals surface area contributed by atoms with Gasteiger partial charge in [-0.05, 0) is 46.2 Å². The van der Waals surface area contributed by atoms with Gasteiger partial charge >= 0.3 is 0 Å². The molecule has 0 aliphatic rings. The maximum Gasteiger partial charge on any atom is 0.0122 e. The zero-order valence-corrected chi connectivity index (χ0v) is 14.8. The Balaban J connectivity index is 2.12. The van der Waals surface area contributed by atoms with Crippen LogP contribution in [0.5, 0.6) is 0 Å². The number of benzene rings is 2. The molecular weight excluding hydrogens is 272 g/mol. The molecule has 1 heteroatoms. The Morgan fingerprint density at radius 3 is 1.05 bits per heavy atom. The standard InChI is InChI=1S/C20H26S/c1-19(2,3)15-7-11-17(12-8-15)21-18-13-9-16(10-14-18)20(4,5)6/h7-14H,1-6H3. The average molecular weight is 298 g/mol. The van der Waals surface area contributed by atoms with Gasteiger partial charge in [-0.3, -0.25) is 0 Å². The Morgan fingerprint density at radius 1 is 0.524 bits per heavy atom. The Hall–Kier alpha value is -1.21. The molecule has 0 unspecified atom stereocenters. The molecule has 0 atom stereocenters. The van der Waals surface area contributed by atoms with Crippen LogP contribution < -0.4 is 0 Å². The molecule has 0 aliphatic heterocycles. The number of rotatable bonds is 2. The van der Waals surface area contributed by atoms with Crippen LogP contribution in [-0.2, 0) is 10.8 Å². The van der Waals surface area contributed by atoms with Crippen molar-refractivity contribution in [2.75, 3.05) is 0 Å². The molecule has 0 saturated heterocycles. The van der Waals surface area contributed by atoms with Crippen molar-refractivity contribution >= 4 is 11.8 Å². The summed E-state index contributed by atoms with van der Waals surface area (Å²) in [5, 5.41) is 0. The molecule has 0 fully saturated rings. The zero-order chi connectivity index (χ0) is 15.7. The largest absolute Gasteiger partial charge is 0.0901 e. The fraction of sp³-hybridized carbons (Fsp3) is 0.400. The maximum atomic E-state index is 2.25. The van der Waals surface area contributed by atoms with Gasteiger partial charge in [0.15, 0.2) is 0 Å². The Bertz CT molecular complexity index is 522. The van der Waals surface area contributed by atoms with Gasteiger partial charge in [0.05, 0.1) is 0 Å². The average Bonchev–Trinajstić information content (AvgIpc) is 2.38. The third-order valence-electron chi connectivity index (χ3n) is 3.68. The molecule has 0 aliphatic carbocycles. The van der Waals surface area contributed by atoms with Crippen LogP contribution in [0.25, 0.3) is 0 Å². The lowest BCUT2D eigenvalue weighted by molar-refractivity contribution is 0.589. The van der Waals surface area contributed by atoms with E-state index in [2.05, 4.69) is 90.1 Å². The van der Waals surface area contributed by atoms with Gasteiger partial charge < -0.3 is 0 Å². The molecule has 0 aromatic heterocycles. The summed E-state index contributed by atoms with van der Waals surface area (Å²) in [5.41, 5.74) is 3.21. The number of hydrogen-bond acceptors (Lipinski definition) is 1. The SMILES string of the molecule is CC(C)(C)c1ccc(Sc2ccc(C(C)(C)C)cc2)cc1. The third-order valence-corrected chi connectivity index (χ3v) is 4.69. The Labute approximate surface area is 134 Å². The highest BCUT2D eigenvalue weighted by atomic mass is 32.2. The normalized spacial score (nSPS) is 12.5. The van der Waals surface area contributed by atoms with Gasteiger partial charge in [0.2, 0.25) is 0 Å². The Morgan fingerprint density at radius 2 is 0.810 bits per heavy atom. The molecule has 21 heavy (non-hydrogen) atoms. The predicted octanol–water partition coefficient (Wildman–Crippen LogP) is 6.43. The van der Waals surface area contributed by atoms with E-state index >= 15 is 0 Å². The van der Waals surface area contributed by atoms with E-state index < -0.39 is 0 Å². The van der Waals surface area contributed by atoms with Crippen molar-refractivity contribution in [1.82, 2.24) is 0 Å². The molecule has 0 saturated carbocycles. The molecule has 0 spiro atoms. The summed E-state index contributed by atoms with van der Waals surface area (Å²) in [6.45, 7) is 13.5. The van der Waals surface area contributed by atoms with Gasteiger partial charge in [-0.15, -0.1) is 0 Å². The van der Waals surface area contributed by atoms with Gasteiger partial charge in [0.1, 0.15) is 0 Å². The molecule has 0 heterocycles. The first-order valence-electron chi connectivity index (χ1n) is 7.55. The molecule has 2 rings (SSSR count). The van der Waals surface area contributed by atoms with E-state index in [4.69, 9.17) is 0 Å². The summed E-state index contributed by atoms with van der Waals surface area (Å²) in [4.78, 5) is 2.60. The van der Waals surface area contributed by atoms with E-state index in [1.807, 2.05) is 11.8 Å². The Kier molecular flexibility index (Phi) is 4.53. The van der Waals surface area contributed by atoms with Gasteiger partial charge in [-0.25, -0.2) is 0 Å². The van der Waals surface area contributed by atoms with Gasteiger partial charge in [0, 0.05) is 9.79 Å². The summed E-state index contributed by atoms with van der Waals surface area (Å²) >= 11 is 1.83. The van der Waals surface area contributed by atoms with E-state index in [1.165, 1.54) is 20.9 Å². The van der Waals surface area contributed by atoms with Crippen molar-refractivity contribution < 1.29 is 0 Å². The van der Waals surface area contributed by atoms with Gasteiger partial charge in [-0.1, -0.05) is 77.6 Å². The summed E-state index contributed by atoms with van der Waals surface area (Å²) in [6, 6.07) is 17.9. The van der Waals surface area contributed by atoms with Crippen LogP contribution in [0.4, 0.5) is 0 Å². The summed E-state index contributed by atoms with van der Waals surface area (Å²) in [5.74, 6) is 0. The fourth-order valence-corrected chi connectivity index (χ4v) is 3.00.